The Morgan fingerprint density at radius 3 is 2.63 bits per heavy atom. The number of carboxylic acid groups (broad SMARTS) is 1. The van der Waals surface area contributed by atoms with Crippen molar-refractivity contribution in [3.8, 4) is 0 Å². The molecule has 0 saturated heterocycles. The van der Waals surface area contributed by atoms with E-state index >= 15 is 0 Å². The van der Waals surface area contributed by atoms with E-state index in [9.17, 15) is 14.0 Å². The number of aromatic carboxylic acids is 1. The highest BCUT2D eigenvalue weighted by molar-refractivity contribution is 5.91. The predicted octanol–water partition coefficient (Wildman–Crippen LogP) is 0.996. The van der Waals surface area contributed by atoms with Gasteiger partial charge in [0.15, 0.2) is 0 Å². The van der Waals surface area contributed by atoms with E-state index < -0.39 is 17.3 Å². The van der Waals surface area contributed by atoms with Crippen molar-refractivity contribution >= 4 is 23.3 Å². The van der Waals surface area contributed by atoms with Gasteiger partial charge in [0.25, 0.3) is 0 Å². The molecule has 0 radical (unpaired) electrons. The van der Waals surface area contributed by atoms with Crippen LogP contribution in [-0.2, 0) is 4.79 Å². The molecule has 0 fully saturated rings. The van der Waals surface area contributed by atoms with Gasteiger partial charge in [-0.25, -0.2) is 9.18 Å². The second-order valence-corrected chi connectivity index (χ2v) is 3.99. The van der Waals surface area contributed by atoms with Crippen LogP contribution in [0, 0.1) is 5.82 Å². The average Bonchev–Trinajstić information content (AvgIpc) is 2.37. The van der Waals surface area contributed by atoms with Crippen LogP contribution in [0.1, 0.15) is 17.3 Å². The number of carbonyl (C=O) groups is 2. The molecule has 4 N–H and O–H groups in total. The van der Waals surface area contributed by atoms with Crippen molar-refractivity contribution < 1.29 is 19.1 Å². The fraction of sp³-hybridized carbons (Fsp3) is 0.333. The van der Waals surface area contributed by atoms with Gasteiger partial charge in [0.05, 0.1) is 23.5 Å². The third-order valence-corrected chi connectivity index (χ3v) is 2.70. The maximum atomic E-state index is 13.5. The first-order valence-corrected chi connectivity index (χ1v) is 5.67. The van der Waals surface area contributed by atoms with Gasteiger partial charge in [-0.2, -0.15) is 0 Å². The first-order chi connectivity index (χ1) is 8.86. The SMILES string of the molecule is CCN(C)C(=O)CNc1cc(F)c(C(=O)O)cc1N. The number of likely N-dealkylation sites (N-methyl/N-ethyl adjacent to an activating group) is 1. The van der Waals surface area contributed by atoms with Crippen molar-refractivity contribution in [2.75, 3.05) is 31.2 Å². The molecule has 0 aliphatic carbocycles. The lowest BCUT2D eigenvalue weighted by Crippen LogP contribution is -2.32. The van der Waals surface area contributed by atoms with E-state index in [1.807, 2.05) is 6.92 Å². The lowest BCUT2D eigenvalue weighted by atomic mass is 10.1. The summed E-state index contributed by atoms with van der Waals surface area (Å²) in [5, 5.41) is 11.4. The molecular formula is C12H16FN3O3. The molecule has 0 bridgehead atoms. The summed E-state index contributed by atoms with van der Waals surface area (Å²) < 4.78 is 13.5. The second kappa shape index (κ2) is 6.03. The van der Waals surface area contributed by atoms with Crippen LogP contribution in [0.3, 0.4) is 0 Å². The molecule has 1 rings (SSSR count). The van der Waals surface area contributed by atoms with Crippen molar-refractivity contribution in [3.05, 3.63) is 23.5 Å². The quantitative estimate of drug-likeness (QED) is 0.693. The summed E-state index contributed by atoms with van der Waals surface area (Å²) in [6, 6.07) is 1.99. The van der Waals surface area contributed by atoms with E-state index in [4.69, 9.17) is 10.8 Å². The van der Waals surface area contributed by atoms with Crippen LogP contribution < -0.4 is 11.1 Å². The minimum Gasteiger partial charge on any atom is -0.478 e. The summed E-state index contributed by atoms with van der Waals surface area (Å²) in [6.07, 6.45) is 0. The monoisotopic (exact) mass is 269 g/mol. The molecule has 1 amide bonds. The minimum absolute atomic E-state index is 0.0413. The second-order valence-electron chi connectivity index (χ2n) is 3.99. The van der Waals surface area contributed by atoms with Crippen molar-refractivity contribution in [2.45, 2.75) is 6.92 Å². The van der Waals surface area contributed by atoms with Gasteiger partial charge in [-0.15, -0.1) is 0 Å². The van der Waals surface area contributed by atoms with Gasteiger partial charge < -0.3 is 21.1 Å². The number of carbonyl (C=O) groups excluding carboxylic acids is 1. The predicted molar refractivity (Wildman–Crippen MR) is 69.6 cm³/mol. The fourth-order valence-electron chi connectivity index (χ4n) is 1.39. The van der Waals surface area contributed by atoms with E-state index in [-0.39, 0.29) is 23.8 Å². The Morgan fingerprint density at radius 2 is 2.11 bits per heavy atom. The van der Waals surface area contributed by atoms with Crippen LogP contribution in [0.4, 0.5) is 15.8 Å². The van der Waals surface area contributed by atoms with Crippen LogP contribution in [0.25, 0.3) is 0 Å². The third-order valence-electron chi connectivity index (χ3n) is 2.70. The number of nitrogens with one attached hydrogen (secondary N) is 1. The Bertz CT molecular complexity index is 505. The van der Waals surface area contributed by atoms with Crippen LogP contribution in [0.5, 0.6) is 0 Å². The number of amides is 1. The molecule has 6 nitrogen and oxygen atoms in total. The number of halogens is 1. The van der Waals surface area contributed by atoms with E-state index in [0.29, 0.717) is 6.54 Å². The van der Waals surface area contributed by atoms with Gasteiger partial charge >= 0.3 is 5.97 Å². The van der Waals surface area contributed by atoms with Gasteiger partial charge in [-0.1, -0.05) is 0 Å². The first kappa shape index (κ1) is 14.7. The first-order valence-electron chi connectivity index (χ1n) is 5.67. The smallest absolute Gasteiger partial charge is 0.338 e. The van der Waals surface area contributed by atoms with Crippen LogP contribution >= 0.6 is 0 Å². The lowest BCUT2D eigenvalue weighted by molar-refractivity contribution is -0.127. The normalized spacial score (nSPS) is 10.1. The largest absolute Gasteiger partial charge is 0.478 e. The number of anilines is 2. The summed E-state index contributed by atoms with van der Waals surface area (Å²) in [5.41, 5.74) is 5.38. The van der Waals surface area contributed by atoms with E-state index in [0.717, 1.165) is 12.1 Å². The summed E-state index contributed by atoms with van der Waals surface area (Å²) in [5.74, 6) is -2.47. The Kier molecular flexibility index (Phi) is 4.68. The standard InChI is InChI=1S/C12H16FN3O3/c1-3-16(2)11(17)6-15-10-5-8(13)7(12(18)19)4-9(10)14/h4-5,15H,3,6,14H2,1-2H3,(H,18,19). The maximum Gasteiger partial charge on any atom is 0.338 e. The summed E-state index contributed by atoms with van der Waals surface area (Å²) in [7, 11) is 1.64. The van der Waals surface area contributed by atoms with Gasteiger partial charge in [-0.3, -0.25) is 4.79 Å². The Balaban J connectivity index is 2.83. The van der Waals surface area contributed by atoms with Gasteiger partial charge in [0, 0.05) is 13.6 Å². The molecule has 0 atom stereocenters. The average molecular weight is 269 g/mol. The summed E-state index contributed by atoms with van der Waals surface area (Å²) in [4.78, 5) is 23.7. The zero-order valence-electron chi connectivity index (χ0n) is 10.7. The Labute approximate surface area is 110 Å². The maximum absolute atomic E-state index is 13.5. The molecule has 0 aliphatic rings. The highest BCUT2D eigenvalue weighted by Gasteiger charge is 2.14. The number of nitrogens with two attached hydrogens (primary N) is 1. The van der Waals surface area contributed by atoms with Crippen molar-refractivity contribution in [1.29, 1.82) is 0 Å². The Hall–Kier alpha value is -2.31. The van der Waals surface area contributed by atoms with Crippen molar-refractivity contribution in [1.82, 2.24) is 4.90 Å². The van der Waals surface area contributed by atoms with Gasteiger partial charge in [-0.05, 0) is 19.1 Å². The highest BCUT2D eigenvalue weighted by atomic mass is 19.1. The van der Waals surface area contributed by atoms with Gasteiger partial charge in [0.2, 0.25) is 5.91 Å². The number of hydrogen-bond acceptors (Lipinski definition) is 4. The molecule has 104 valence electrons. The molecule has 0 heterocycles. The van der Waals surface area contributed by atoms with E-state index in [1.54, 1.807) is 7.05 Å². The fourth-order valence-corrected chi connectivity index (χ4v) is 1.39. The number of nitrogens with zero attached hydrogens (tertiary/aromatic N) is 1. The number of rotatable bonds is 5. The molecule has 19 heavy (non-hydrogen) atoms. The topological polar surface area (TPSA) is 95.7 Å². The molecule has 1 aromatic rings. The minimum atomic E-state index is -1.39. The van der Waals surface area contributed by atoms with Crippen LogP contribution in [-0.4, -0.2) is 42.0 Å². The molecule has 0 aromatic heterocycles. The number of carboxylic acids is 1. The Morgan fingerprint density at radius 1 is 1.47 bits per heavy atom. The highest BCUT2D eigenvalue weighted by Crippen LogP contribution is 2.22. The molecule has 7 heteroatoms. The molecule has 0 saturated carbocycles. The van der Waals surface area contributed by atoms with Gasteiger partial charge in [0.1, 0.15) is 5.82 Å². The van der Waals surface area contributed by atoms with Crippen LogP contribution in [0.15, 0.2) is 12.1 Å². The lowest BCUT2D eigenvalue weighted by Gasteiger charge is -2.16. The molecule has 1 aromatic carbocycles. The van der Waals surface area contributed by atoms with E-state index in [1.165, 1.54) is 4.90 Å². The summed E-state index contributed by atoms with van der Waals surface area (Å²) >= 11 is 0. The zero-order chi connectivity index (χ0) is 14.6. The number of benzene rings is 1. The molecule has 0 aliphatic heterocycles. The van der Waals surface area contributed by atoms with E-state index in [2.05, 4.69) is 5.32 Å². The summed E-state index contributed by atoms with van der Waals surface area (Å²) in [6.45, 7) is 2.34. The number of hydrogen-bond donors (Lipinski definition) is 3. The number of nitrogen functional groups attached to an aromatic ring is 1. The van der Waals surface area contributed by atoms with Crippen molar-refractivity contribution in [2.24, 2.45) is 0 Å². The van der Waals surface area contributed by atoms with Crippen LogP contribution in [0.2, 0.25) is 0 Å². The molecule has 0 spiro atoms. The van der Waals surface area contributed by atoms with Crippen molar-refractivity contribution in [3.63, 3.8) is 0 Å². The zero-order valence-corrected chi connectivity index (χ0v) is 10.7. The molecule has 0 unspecified atom stereocenters. The third kappa shape index (κ3) is 3.57. The molecular weight excluding hydrogens is 253 g/mol.